The molecule has 7 rings (SSSR count). The van der Waals surface area contributed by atoms with Gasteiger partial charge in [-0.25, -0.2) is 4.98 Å². The molecule has 3 N–H and O–H groups in total. The molecule has 0 spiro atoms. The Morgan fingerprint density at radius 1 is 0.655 bits per heavy atom. The Hall–Kier alpha value is -6.63. The number of nitrogens with one attached hydrogen (secondary N) is 1. The molecular formula is C45H46N4O9. The van der Waals surface area contributed by atoms with Crippen LogP contribution in [0.15, 0.2) is 79.1 Å². The maximum atomic E-state index is 12.9. The van der Waals surface area contributed by atoms with Gasteiger partial charge in [0, 0.05) is 0 Å². The predicted octanol–water partition coefficient (Wildman–Crippen LogP) is 5.81. The lowest BCUT2D eigenvalue weighted by atomic mass is 9.68. The molecular weight excluding hydrogens is 741 g/mol. The molecule has 1 amide bonds. The summed E-state index contributed by atoms with van der Waals surface area (Å²) in [5.41, 5.74) is 14.6. The van der Waals surface area contributed by atoms with Crippen LogP contribution in [-0.2, 0) is 83.2 Å². The summed E-state index contributed by atoms with van der Waals surface area (Å²) in [6.45, 7) is 6.27. The first-order valence-electron chi connectivity index (χ1n) is 19.3. The maximum absolute atomic E-state index is 12.9. The van der Waals surface area contributed by atoms with Crippen LogP contribution < -0.4 is 15.2 Å². The number of aryl methyl sites for hydroxylation is 4. The number of benzene rings is 4. The highest BCUT2D eigenvalue weighted by Gasteiger charge is 2.45. The fraction of sp³-hybridized carbons (Fsp3) is 0.311. The lowest BCUT2D eigenvalue weighted by Crippen LogP contribution is -2.43. The van der Waals surface area contributed by atoms with Gasteiger partial charge in [-0.05, 0) is 118 Å². The van der Waals surface area contributed by atoms with Crippen molar-refractivity contribution in [2.24, 2.45) is 5.73 Å². The van der Waals surface area contributed by atoms with Gasteiger partial charge in [-0.2, -0.15) is 5.10 Å². The van der Waals surface area contributed by atoms with Crippen LogP contribution in [0.3, 0.4) is 0 Å². The number of aromatic amines is 1. The normalized spacial score (nSPS) is 14.2. The number of nitrogens with zero attached hydrogens (tertiary/aromatic N) is 2. The second kappa shape index (κ2) is 18.5. The fourth-order valence-electron chi connectivity index (χ4n) is 8.92. The summed E-state index contributed by atoms with van der Waals surface area (Å²) < 4.78 is 19.9. The van der Waals surface area contributed by atoms with Crippen molar-refractivity contribution in [3.63, 3.8) is 0 Å². The van der Waals surface area contributed by atoms with Gasteiger partial charge < -0.3 is 24.7 Å². The zero-order valence-electron chi connectivity index (χ0n) is 32.5. The largest absolute Gasteiger partial charge is 0.463 e. The molecule has 13 heteroatoms. The van der Waals surface area contributed by atoms with Crippen LogP contribution in [0.25, 0.3) is 0 Å². The van der Waals surface area contributed by atoms with Gasteiger partial charge in [-0.3, -0.25) is 29.1 Å². The monoisotopic (exact) mass is 786 g/mol. The van der Waals surface area contributed by atoms with Gasteiger partial charge in [0.2, 0.25) is 5.91 Å². The van der Waals surface area contributed by atoms with Gasteiger partial charge in [-0.15, -0.1) is 0 Å². The van der Waals surface area contributed by atoms with E-state index in [1.54, 1.807) is 0 Å². The van der Waals surface area contributed by atoms with Gasteiger partial charge in [0.05, 0.1) is 10.8 Å². The Labute approximate surface area is 336 Å². The highest BCUT2D eigenvalue weighted by molar-refractivity contribution is 5.92. The molecule has 0 unspecified atom stereocenters. The van der Waals surface area contributed by atoms with Crippen LogP contribution in [0.5, 0.6) is 11.5 Å². The lowest BCUT2D eigenvalue weighted by Gasteiger charge is -2.34. The molecule has 2 aliphatic rings. The van der Waals surface area contributed by atoms with Crippen molar-refractivity contribution in [1.29, 1.82) is 0 Å². The number of amides is 1. The van der Waals surface area contributed by atoms with Crippen molar-refractivity contribution in [3.8, 4) is 11.5 Å². The standard InChI is InChI=1S/C23H25NO5.C22H21N3O4/c1-2-9-23(22(24)27)20-7-3-16(12-28-14-25)10-18(20)5-6-19-11-17(13-29-15-26)4-8-21(19)23;1-2-9-22(21-23-12-24-25-21)19-7-5-17(28-13-26)10-15(19)3-4-16-11-18(29-14-27)6-8-20(16)22/h3-4,7-8,10-11,14-15H,2,5-6,9,12-13H2,1H3,(H2,24,27);5-8,10-14H,2-4,9H2,1H3,(H,23,24,25). The average molecular weight is 787 g/mol. The number of rotatable bonds is 16. The number of H-pyrrole nitrogens is 1. The van der Waals surface area contributed by atoms with Crippen LogP contribution in [0, 0.1) is 0 Å². The predicted molar refractivity (Wildman–Crippen MR) is 212 cm³/mol. The summed E-state index contributed by atoms with van der Waals surface area (Å²) in [5, 5.41) is 7.20. The van der Waals surface area contributed by atoms with Gasteiger partial charge in [0.1, 0.15) is 36.9 Å². The van der Waals surface area contributed by atoms with Crippen LogP contribution in [0.4, 0.5) is 0 Å². The Bertz CT molecular complexity index is 2150. The van der Waals surface area contributed by atoms with Gasteiger partial charge >= 0.3 is 0 Å². The van der Waals surface area contributed by atoms with Crippen molar-refractivity contribution in [2.75, 3.05) is 0 Å². The summed E-state index contributed by atoms with van der Waals surface area (Å²) in [5.74, 6) is 1.41. The molecule has 0 aliphatic heterocycles. The van der Waals surface area contributed by atoms with Crippen LogP contribution in [0.1, 0.15) is 101 Å². The maximum Gasteiger partial charge on any atom is 0.298 e. The van der Waals surface area contributed by atoms with Crippen LogP contribution in [-0.4, -0.2) is 47.0 Å². The molecule has 13 nitrogen and oxygen atoms in total. The molecule has 0 saturated heterocycles. The Morgan fingerprint density at radius 2 is 1.12 bits per heavy atom. The molecule has 300 valence electrons. The molecule has 0 bridgehead atoms. The number of primary amides is 1. The highest BCUT2D eigenvalue weighted by Crippen LogP contribution is 2.48. The SMILES string of the molecule is CCCC1(C(N)=O)c2ccc(COC=O)cc2CCc2cc(COC=O)ccc21.CCCC1(c2ncn[nH]2)c2ccc(OC=O)cc2CCc2cc(OC=O)ccc21. The van der Waals surface area contributed by atoms with Crippen molar-refractivity contribution in [3.05, 3.63) is 141 Å². The Kier molecular flexibility index (Phi) is 13.1. The minimum absolute atomic E-state index is 0.189. The first-order valence-corrected chi connectivity index (χ1v) is 19.3. The minimum atomic E-state index is -0.927. The number of fused-ring (bicyclic) bond motifs is 4. The third kappa shape index (κ3) is 7.97. The summed E-state index contributed by atoms with van der Waals surface area (Å²) >= 11 is 0. The molecule has 0 atom stereocenters. The molecule has 1 heterocycles. The number of nitrogens with two attached hydrogens (primary N) is 1. The van der Waals surface area contributed by atoms with E-state index in [9.17, 15) is 24.0 Å². The summed E-state index contributed by atoms with van der Waals surface area (Å²) in [4.78, 5) is 60.2. The quantitative estimate of drug-likeness (QED) is 0.115. The second-order valence-electron chi connectivity index (χ2n) is 14.4. The molecule has 5 aromatic rings. The van der Waals surface area contributed by atoms with Crippen molar-refractivity contribution in [1.82, 2.24) is 15.2 Å². The van der Waals surface area contributed by atoms with Crippen molar-refractivity contribution < 1.29 is 42.9 Å². The molecule has 4 aromatic carbocycles. The number of hydrogen-bond donors (Lipinski definition) is 2. The smallest absolute Gasteiger partial charge is 0.298 e. The van der Waals surface area contributed by atoms with Crippen molar-refractivity contribution in [2.45, 2.75) is 89.3 Å². The van der Waals surface area contributed by atoms with Gasteiger partial charge in [0.15, 0.2) is 0 Å². The molecule has 0 saturated carbocycles. The number of aromatic nitrogens is 3. The van der Waals surface area contributed by atoms with E-state index < -0.39 is 10.8 Å². The number of carbonyl (C=O) groups excluding carboxylic acids is 5. The first-order chi connectivity index (χ1) is 28.3. The van der Waals surface area contributed by atoms with Gasteiger partial charge in [-0.1, -0.05) is 75.2 Å². The third-order valence-electron chi connectivity index (χ3n) is 11.2. The minimum Gasteiger partial charge on any atom is -0.463 e. The summed E-state index contributed by atoms with van der Waals surface area (Å²) in [6.07, 6.45) is 7.59. The average Bonchev–Trinajstić information content (AvgIpc) is 3.70. The summed E-state index contributed by atoms with van der Waals surface area (Å²) in [7, 11) is 0. The van der Waals surface area contributed by atoms with E-state index in [1.165, 1.54) is 6.33 Å². The zero-order valence-corrected chi connectivity index (χ0v) is 32.5. The Morgan fingerprint density at radius 3 is 1.52 bits per heavy atom. The molecule has 58 heavy (non-hydrogen) atoms. The zero-order chi connectivity index (χ0) is 41.1. The first kappa shape index (κ1) is 41.0. The number of carbonyl (C=O) groups is 5. The van der Waals surface area contributed by atoms with E-state index in [2.05, 4.69) is 22.1 Å². The van der Waals surface area contributed by atoms with E-state index in [-0.39, 0.29) is 19.1 Å². The lowest BCUT2D eigenvalue weighted by molar-refractivity contribution is -0.130. The summed E-state index contributed by atoms with van der Waals surface area (Å²) in [6, 6.07) is 23.1. The molecule has 1 aromatic heterocycles. The van der Waals surface area contributed by atoms with E-state index in [4.69, 9.17) is 24.7 Å². The van der Waals surface area contributed by atoms with Crippen molar-refractivity contribution >= 4 is 31.8 Å². The topological polar surface area (TPSA) is 190 Å². The molecule has 0 fully saturated rings. The van der Waals surface area contributed by atoms with Gasteiger partial charge in [0.25, 0.3) is 25.9 Å². The van der Waals surface area contributed by atoms with E-state index in [0.717, 1.165) is 106 Å². The highest BCUT2D eigenvalue weighted by atomic mass is 16.5. The van der Waals surface area contributed by atoms with Crippen LogP contribution >= 0.6 is 0 Å². The number of hydrogen-bond acceptors (Lipinski definition) is 11. The van der Waals surface area contributed by atoms with E-state index >= 15 is 0 Å². The van der Waals surface area contributed by atoms with E-state index in [1.807, 2.05) is 79.7 Å². The fourth-order valence-corrected chi connectivity index (χ4v) is 8.92. The molecule has 0 radical (unpaired) electrons. The third-order valence-corrected chi connectivity index (χ3v) is 11.2. The van der Waals surface area contributed by atoms with E-state index in [0.29, 0.717) is 43.8 Å². The Balaban J connectivity index is 0.000000196. The number of ether oxygens (including phenoxy) is 4. The second-order valence-corrected chi connectivity index (χ2v) is 14.4. The van der Waals surface area contributed by atoms with Crippen LogP contribution in [0.2, 0.25) is 0 Å². The molecule has 2 aliphatic carbocycles.